The zero-order valence-electron chi connectivity index (χ0n) is 24.1. The number of aromatic nitrogens is 2. The van der Waals surface area contributed by atoms with Crippen molar-refractivity contribution in [2.24, 2.45) is 0 Å². The number of piperazine rings is 1. The number of hydrogen-bond acceptors (Lipinski definition) is 7. The number of phenolic OH excluding ortho intramolecular Hbond substituents is 1. The van der Waals surface area contributed by atoms with Crippen molar-refractivity contribution >= 4 is 27.5 Å². The van der Waals surface area contributed by atoms with E-state index in [2.05, 4.69) is 26.0 Å². The first-order chi connectivity index (χ1) is 21.3. The summed E-state index contributed by atoms with van der Waals surface area (Å²) >= 11 is 0. The Kier molecular flexibility index (Phi) is 6.40. The van der Waals surface area contributed by atoms with Crippen LogP contribution in [0.3, 0.4) is 0 Å². The molecule has 0 amide bonds. The van der Waals surface area contributed by atoms with Gasteiger partial charge in [0.15, 0.2) is 5.82 Å². The van der Waals surface area contributed by atoms with Crippen LogP contribution in [0, 0.1) is 24.0 Å². The molecule has 8 rings (SSSR count). The summed E-state index contributed by atoms with van der Waals surface area (Å²) in [6.07, 6.45) is 9.03. The fourth-order valence-electron chi connectivity index (χ4n) is 8.06. The summed E-state index contributed by atoms with van der Waals surface area (Å²) in [5, 5.41) is 15.4. The maximum absolute atomic E-state index is 16.8. The van der Waals surface area contributed by atoms with Gasteiger partial charge in [-0.05, 0) is 61.9 Å². The van der Waals surface area contributed by atoms with Crippen molar-refractivity contribution in [2.75, 3.05) is 37.7 Å². The number of anilines is 1. The van der Waals surface area contributed by atoms with Crippen LogP contribution in [0.4, 0.5) is 19.0 Å². The highest BCUT2D eigenvalue weighted by molar-refractivity contribution is 6.04. The quantitative estimate of drug-likeness (QED) is 0.301. The average Bonchev–Trinajstić information content (AvgIpc) is 3.65. The average molecular weight is 600 g/mol. The largest absolute Gasteiger partial charge is 0.508 e. The van der Waals surface area contributed by atoms with E-state index in [-0.39, 0.29) is 52.5 Å². The SMILES string of the molecule is C#Cc1cccc2cc(O)cc(-c3c(F)cc4c(N5C[C@H]6CC[C@@H](C5)N6)nc(OC[C@@]56CCCN5C[C@H](F)C6)nc4c3F)c12. The summed E-state index contributed by atoms with van der Waals surface area (Å²) in [5.41, 5.74) is -0.284. The molecule has 3 aromatic carbocycles. The Morgan fingerprint density at radius 1 is 1.11 bits per heavy atom. The van der Waals surface area contributed by atoms with E-state index in [1.54, 1.807) is 18.2 Å². The number of aromatic hydroxyl groups is 1. The Labute approximate surface area is 253 Å². The van der Waals surface area contributed by atoms with Crippen molar-refractivity contribution in [1.29, 1.82) is 0 Å². The molecule has 4 aliphatic heterocycles. The Morgan fingerprint density at radius 3 is 2.73 bits per heavy atom. The van der Waals surface area contributed by atoms with E-state index < -0.39 is 23.3 Å². The molecule has 2 bridgehead atoms. The minimum atomic E-state index is -0.920. The molecule has 2 N–H and O–H groups in total. The summed E-state index contributed by atoms with van der Waals surface area (Å²) in [4.78, 5) is 13.4. The summed E-state index contributed by atoms with van der Waals surface area (Å²) in [6, 6.07) is 9.75. The van der Waals surface area contributed by atoms with Crippen molar-refractivity contribution < 1.29 is 23.0 Å². The van der Waals surface area contributed by atoms with Crippen LogP contribution in [-0.4, -0.2) is 76.6 Å². The number of halogens is 3. The zero-order valence-corrected chi connectivity index (χ0v) is 24.1. The number of terminal acetylenes is 1. The van der Waals surface area contributed by atoms with Gasteiger partial charge < -0.3 is 20.1 Å². The molecular weight excluding hydrogens is 567 g/mol. The molecular formula is C34H32F3N5O2. The van der Waals surface area contributed by atoms with E-state index in [1.165, 1.54) is 18.2 Å². The Balaban J connectivity index is 1.29. The van der Waals surface area contributed by atoms with Crippen molar-refractivity contribution in [2.45, 2.75) is 55.9 Å². The summed E-state index contributed by atoms with van der Waals surface area (Å²) in [7, 11) is 0. The minimum absolute atomic E-state index is 0.0246. The van der Waals surface area contributed by atoms with Crippen molar-refractivity contribution in [1.82, 2.24) is 20.2 Å². The molecule has 1 aromatic heterocycles. The van der Waals surface area contributed by atoms with E-state index in [1.807, 2.05) is 0 Å². The van der Waals surface area contributed by atoms with Gasteiger partial charge in [-0.15, -0.1) is 6.42 Å². The fourth-order valence-corrected chi connectivity index (χ4v) is 8.06. The third-order valence-corrected chi connectivity index (χ3v) is 9.98. The smallest absolute Gasteiger partial charge is 0.319 e. The second-order valence-corrected chi connectivity index (χ2v) is 12.7. The van der Waals surface area contributed by atoms with Gasteiger partial charge in [-0.25, -0.2) is 13.2 Å². The van der Waals surface area contributed by atoms with Crippen LogP contribution >= 0.6 is 0 Å². The maximum atomic E-state index is 16.8. The second-order valence-electron chi connectivity index (χ2n) is 12.7. The highest BCUT2D eigenvalue weighted by Crippen LogP contribution is 2.43. The Morgan fingerprint density at radius 2 is 1.93 bits per heavy atom. The standard InChI is InChI=1S/C34H32F3N5O2/c1-2-19-5-3-6-20-11-24(43)12-25(28(19)20)29-27(36)13-26-31(30(29)37)39-33(40-32(26)41-16-22-7-8-23(17-41)38-22)44-18-34-9-4-10-42(34)15-21(35)14-34/h1,3,5-6,11-13,21-23,38,43H,4,7-10,14-18H2/t21-,22-,23+,34+/m1/s1. The first-order valence-corrected chi connectivity index (χ1v) is 15.3. The number of alkyl halides is 1. The van der Waals surface area contributed by atoms with Crippen LogP contribution in [0.25, 0.3) is 32.8 Å². The lowest BCUT2D eigenvalue weighted by Crippen LogP contribution is -2.51. The molecule has 226 valence electrons. The molecule has 0 aliphatic carbocycles. The number of phenols is 1. The molecule has 0 unspecified atom stereocenters. The van der Waals surface area contributed by atoms with Gasteiger partial charge in [0, 0.05) is 60.0 Å². The minimum Gasteiger partial charge on any atom is -0.508 e. The van der Waals surface area contributed by atoms with Gasteiger partial charge >= 0.3 is 6.01 Å². The maximum Gasteiger partial charge on any atom is 0.319 e. The molecule has 4 aromatic rings. The predicted molar refractivity (Wildman–Crippen MR) is 163 cm³/mol. The van der Waals surface area contributed by atoms with Crippen LogP contribution in [0.1, 0.15) is 37.7 Å². The van der Waals surface area contributed by atoms with E-state index in [0.29, 0.717) is 48.2 Å². The summed E-state index contributed by atoms with van der Waals surface area (Å²) < 4.78 is 53.6. The van der Waals surface area contributed by atoms with E-state index in [0.717, 1.165) is 32.2 Å². The Bertz CT molecular complexity index is 1850. The molecule has 4 fully saturated rings. The van der Waals surface area contributed by atoms with Gasteiger partial charge in [0.05, 0.1) is 11.1 Å². The fraction of sp³-hybridized carbons (Fsp3) is 0.412. The third kappa shape index (κ3) is 4.36. The predicted octanol–water partition coefficient (Wildman–Crippen LogP) is 5.31. The first kappa shape index (κ1) is 27.5. The molecule has 5 heterocycles. The van der Waals surface area contributed by atoms with Gasteiger partial charge in [0.25, 0.3) is 0 Å². The van der Waals surface area contributed by atoms with Gasteiger partial charge in [0.1, 0.15) is 35.7 Å². The van der Waals surface area contributed by atoms with Gasteiger partial charge in [-0.2, -0.15) is 9.97 Å². The first-order valence-electron chi connectivity index (χ1n) is 15.3. The summed E-state index contributed by atoms with van der Waals surface area (Å²) in [6.45, 7) is 2.65. The van der Waals surface area contributed by atoms with Crippen LogP contribution in [-0.2, 0) is 0 Å². The number of ether oxygens (including phenoxy) is 1. The molecule has 10 heteroatoms. The molecule has 44 heavy (non-hydrogen) atoms. The van der Waals surface area contributed by atoms with Gasteiger partial charge in [-0.1, -0.05) is 18.1 Å². The molecule has 4 atom stereocenters. The molecule has 0 spiro atoms. The lowest BCUT2D eigenvalue weighted by molar-refractivity contribution is 0.107. The molecule has 4 saturated heterocycles. The summed E-state index contributed by atoms with van der Waals surface area (Å²) in [5.74, 6) is 1.16. The van der Waals surface area contributed by atoms with Crippen molar-refractivity contribution in [3.05, 3.63) is 53.6 Å². The number of benzene rings is 3. The molecule has 0 radical (unpaired) electrons. The van der Waals surface area contributed by atoms with E-state index in [9.17, 15) is 9.50 Å². The highest BCUT2D eigenvalue weighted by atomic mass is 19.1. The number of nitrogens with zero attached hydrogens (tertiary/aromatic N) is 4. The van der Waals surface area contributed by atoms with E-state index in [4.69, 9.17) is 16.1 Å². The van der Waals surface area contributed by atoms with Gasteiger partial charge in [-0.3, -0.25) is 4.90 Å². The van der Waals surface area contributed by atoms with Crippen LogP contribution < -0.4 is 15.0 Å². The van der Waals surface area contributed by atoms with Gasteiger partial charge in [0.2, 0.25) is 0 Å². The van der Waals surface area contributed by atoms with Crippen molar-refractivity contribution in [3.8, 4) is 35.2 Å². The molecule has 7 nitrogen and oxygen atoms in total. The number of nitrogens with one attached hydrogen (secondary N) is 1. The lowest BCUT2D eigenvalue weighted by Gasteiger charge is -2.34. The van der Waals surface area contributed by atoms with Crippen LogP contribution in [0.5, 0.6) is 11.8 Å². The number of rotatable bonds is 5. The Hall–Kier alpha value is -4.07. The van der Waals surface area contributed by atoms with Crippen LogP contribution in [0.2, 0.25) is 0 Å². The number of fused-ring (bicyclic) bond motifs is 5. The van der Waals surface area contributed by atoms with E-state index >= 15 is 8.78 Å². The van der Waals surface area contributed by atoms with Crippen LogP contribution in [0.15, 0.2) is 36.4 Å². The highest BCUT2D eigenvalue weighted by Gasteiger charge is 2.49. The monoisotopic (exact) mass is 599 g/mol. The second kappa shape index (κ2) is 10.2. The molecule has 0 saturated carbocycles. The number of hydrogen-bond donors (Lipinski definition) is 2. The topological polar surface area (TPSA) is 73.8 Å². The lowest BCUT2D eigenvalue weighted by atomic mass is 9.93. The third-order valence-electron chi connectivity index (χ3n) is 9.98. The zero-order chi connectivity index (χ0) is 30.2. The van der Waals surface area contributed by atoms with Crippen molar-refractivity contribution in [3.63, 3.8) is 0 Å². The molecule has 4 aliphatic rings. The normalized spacial score (nSPS) is 26.4.